The summed E-state index contributed by atoms with van der Waals surface area (Å²) < 4.78 is 10.8. The predicted molar refractivity (Wildman–Crippen MR) is 75.5 cm³/mol. The van der Waals surface area contributed by atoms with Crippen molar-refractivity contribution in [3.8, 4) is 17.2 Å². The van der Waals surface area contributed by atoms with Crippen LogP contribution in [-0.4, -0.2) is 10.2 Å². The molecule has 0 saturated carbocycles. The minimum absolute atomic E-state index is 0.492. The standard InChI is InChI=1S/C15H11ClN2O2/c16-13-5-7-14(8-6-13)19-9-11-1-3-12(4-2-11)15-18-17-10-20-15/h1-8,10H,9H2. The van der Waals surface area contributed by atoms with Gasteiger partial charge in [-0.25, -0.2) is 0 Å². The summed E-state index contributed by atoms with van der Waals surface area (Å²) in [4.78, 5) is 0. The Morgan fingerprint density at radius 3 is 2.40 bits per heavy atom. The fourth-order valence-corrected chi connectivity index (χ4v) is 1.87. The van der Waals surface area contributed by atoms with Gasteiger partial charge in [-0.3, -0.25) is 0 Å². The van der Waals surface area contributed by atoms with Crippen LogP contribution in [0.3, 0.4) is 0 Å². The van der Waals surface area contributed by atoms with E-state index in [4.69, 9.17) is 20.8 Å². The van der Waals surface area contributed by atoms with Gasteiger partial charge in [-0.2, -0.15) is 0 Å². The van der Waals surface area contributed by atoms with Crippen LogP contribution in [0.15, 0.2) is 59.3 Å². The summed E-state index contributed by atoms with van der Waals surface area (Å²) in [6.45, 7) is 0.492. The minimum atomic E-state index is 0.492. The van der Waals surface area contributed by atoms with Crippen molar-refractivity contribution in [2.24, 2.45) is 0 Å². The van der Waals surface area contributed by atoms with Crippen LogP contribution < -0.4 is 4.74 Å². The van der Waals surface area contributed by atoms with E-state index in [0.717, 1.165) is 16.9 Å². The molecule has 0 N–H and O–H groups in total. The molecule has 0 atom stereocenters. The van der Waals surface area contributed by atoms with Crippen LogP contribution in [-0.2, 0) is 6.61 Å². The first-order valence-electron chi connectivity index (χ1n) is 6.05. The van der Waals surface area contributed by atoms with E-state index < -0.39 is 0 Å². The number of halogens is 1. The third kappa shape index (κ3) is 2.97. The maximum absolute atomic E-state index is 5.82. The third-order valence-corrected chi connectivity index (χ3v) is 3.03. The van der Waals surface area contributed by atoms with Crippen LogP contribution in [0.25, 0.3) is 11.5 Å². The number of hydrogen-bond acceptors (Lipinski definition) is 4. The van der Waals surface area contributed by atoms with Gasteiger partial charge in [0.1, 0.15) is 12.4 Å². The van der Waals surface area contributed by atoms with Gasteiger partial charge in [0.25, 0.3) is 0 Å². The Bertz CT molecular complexity index is 664. The number of ether oxygens (including phenoxy) is 1. The summed E-state index contributed by atoms with van der Waals surface area (Å²) in [5.74, 6) is 1.30. The Labute approximate surface area is 121 Å². The summed E-state index contributed by atoms with van der Waals surface area (Å²) in [7, 11) is 0. The first-order chi connectivity index (χ1) is 9.81. The van der Waals surface area contributed by atoms with Gasteiger partial charge >= 0.3 is 0 Å². The molecule has 0 aliphatic carbocycles. The highest BCUT2D eigenvalue weighted by molar-refractivity contribution is 6.30. The first kappa shape index (κ1) is 12.7. The molecule has 0 unspecified atom stereocenters. The fraction of sp³-hybridized carbons (Fsp3) is 0.0667. The quantitative estimate of drug-likeness (QED) is 0.728. The van der Waals surface area contributed by atoms with Gasteiger partial charge in [0.2, 0.25) is 12.3 Å². The van der Waals surface area contributed by atoms with E-state index in [9.17, 15) is 0 Å². The molecule has 100 valence electrons. The second kappa shape index (κ2) is 5.75. The lowest BCUT2D eigenvalue weighted by Gasteiger charge is -2.06. The maximum atomic E-state index is 5.82. The molecule has 0 saturated heterocycles. The molecule has 20 heavy (non-hydrogen) atoms. The molecule has 3 aromatic rings. The lowest BCUT2D eigenvalue weighted by atomic mass is 10.1. The smallest absolute Gasteiger partial charge is 0.247 e. The summed E-state index contributed by atoms with van der Waals surface area (Å²) in [5.41, 5.74) is 1.95. The molecule has 0 fully saturated rings. The molecule has 1 heterocycles. The van der Waals surface area contributed by atoms with Crippen molar-refractivity contribution in [2.45, 2.75) is 6.61 Å². The molecular weight excluding hydrogens is 276 g/mol. The molecule has 0 aliphatic heterocycles. The Hall–Kier alpha value is -2.33. The molecule has 0 aliphatic rings. The van der Waals surface area contributed by atoms with E-state index in [0.29, 0.717) is 17.5 Å². The molecule has 0 bridgehead atoms. The molecule has 0 amide bonds. The van der Waals surface area contributed by atoms with Gasteiger partial charge in [0, 0.05) is 10.6 Å². The van der Waals surface area contributed by atoms with Crippen molar-refractivity contribution >= 4 is 11.6 Å². The number of benzene rings is 2. The van der Waals surface area contributed by atoms with Crippen LogP contribution in [0.4, 0.5) is 0 Å². The molecule has 2 aromatic carbocycles. The van der Waals surface area contributed by atoms with Gasteiger partial charge in [0.15, 0.2) is 0 Å². The van der Waals surface area contributed by atoms with E-state index in [1.807, 2.05) is 36.4 Å². The zero-order valence-corrected chi connectivity index (χ0v) is 11.2. The lowest BCUT2D eigenvalue weighted by molar-refractivity contribution is 0.306. The Kier molecular flexibility index (Phi) is 3.65. The largest absolute Gasteiger partial charge is 0.489 e. The van der Waals surface area contributed by atoms with Crippen molar-refractivity contribution in [3.05, 3.63) is 65.5 Å². The van der Waals surface area contributed by atoms with Crippen LogP contribution >= 0.6 is 11.6 Å². The molecule has 4 nitrogen and oxygen atoms in total. The highest BCUT2D eigenvalue weighted by Crippen LogP contribution is 2.19. The van der Waals surface area contributed by atoms with E-state index >= 15 is 0 Å². The van der Waals surface area contributed by atoms with Crippen molar-refractivity contribution in [1.29, 1.82) is 0 Å². The van der Waals surface area contributed by atoms with E-state index in [1.54, 1.807) is 12.1 Å². The van der Waals surface area contributed by atoms with Crippen molar-refractivity contribution < 1.29 is 9.15 Å². The SMILES string of the molecule is Clc1ccc(OCc2ccc(-c3nnco3)cc2)cc1. The Balaban J connectivity index is 1.65. The van der Waals surface area contributed by atoms with Gasteiger partial charge in [-0.05, 0) is 42.0 Å². The number of rotatable bonds is 4. The van der Waals surface area contributed by atoms with Crippen LogP contribution in [0, 0.1) is 0 Å². The summed E-state index contributed by atoms with van der Waals surface area (Å²) in [6, 6.07) is 15.1. The van der Waals surface area contributed by atoms with Gasteiger partial charge < -0.3 is 9.15 Å². The lowest BCUT2D eigenvalue weighted by Crippen LogP contribution is -1.95. The molecule has 0 radical (unpaired) electrons. The normalized spacial score (nSPS) is 10.4. The maximum Gasteiger partial charge on any atom is 0.247 e. The van der Waals surface area contributed by atoms with Gasteiger partial charge in [0.05, 0.1) is 0 Å². The van der Waals surface area contributed by atoms with E-state index in [2.05, 4.69) is 10.2 Å². The second-order valence-corrected chi connectivity index (χ2v) is 4.62. The zero-order valence-electron chi connectivity index (χ0n) is 10.5. The van der Waals surface area contributed by atoms with Crippen LogP contribution in [0.5, 0.6) is 5.75 Å². The number of hydrogen-bond donors (Lipinski definition) is 0. The van der Waals surface area contributed by atoms with E-state index in [-0.39, 0.29) is 0 Å². The van der Waals surface area contributed by atoms with Crippen LogP contribution in [0.2, 0.25) is 5.02 Å². The topological polar surface area (TPSA) is 48.2 Å². The average molecular weight is 287 g/mol. The minimum Gasteiger partial charge on any atom is -0.489 e. The summed E-state index contributed by atoms with van der Waals surface area (Å²) >= 11 is 5.82. The zero-order chi connectivity index (χ0) is 13.8. The van der Waals surface area contributed by atoms with Gasteiger partial charge in [-0.15, -0.1) is 10.2 Å². The Morgan fingerprint density at radius 1 is 1.00 bits per heavy atom. The highest BCUT2D eigenvalue weighted by Gasteiger charge is 2.03. The predicted octanol–water partition coefficient (Wildman–Crippen LogP) is 3.97. The van der Waals surface area contributed by atoms with Gasteiger partial charge in [-0.1, -0.05) is 23.7 Å². The molecule has 5 heteroatoms. The molecule has 1 aromatic heterocycles. The summed E-state index contributed by atoms with van der Waals surface area (Å²) in [5, 5.41) is 8.21. The van der Waals surface area contributed by atoms with Crippen molar-refractivity contribution in [2.75, 3.05) is 0 Å². The van der Waals surface area contributed by atoms with Crippen LogP contribution in [0.1, 0.15) is 5.56 Å². The molecular formula is C15H11ClN2O2. The summed E-state index contributed by atoms with van der Waals surface area (Å²) in [6.07, 6.45) is 1.31. The Morgan fingerprint density at radius 2 is 1.75 bits per heavy atom. The van der Waals surface area contributed by atoms with Crippen molar-refractivity contribution in [1.82, 2.24) is 10.2 Å². The van der Waals surface area contributed by atoms with Crippen molar-refractivity contribution in [3.63, 3.8) is 0 Å². The monoisotopic (exact) mass is 286 g/mol. The second-order valence-electron chi connectivity index (χ2n) is 4.18. The molecule has 0 spiro atoms. The first-order valence-corrected chi connectivity index (χ1v) is 6.43. The fourth-order valence-electron chi connectivity index (χ4n) is 1.74. The molecule has 3 rings (SSSR count). The van der Waals surface area contributed by atoms with E-state index in [1.165, 1.54) is 6.39 Å². The number of nitrogens with zero attached hydrogens (tertiary/aromatic N) is 2. The number of aromatic nitrogens is 2. The third-order valence-electron chi connectivity index (χ3n) is 2.78. The average Bonchev–Trinajstić information content (AvgIpc) is 3.01. The highest BCUT2D eigenvalue weighted by atomic mass is 35.5.